The van der Waals surface area contributed by atoms with Crippen molar-refractivity contribution in [3.63, 3.8) is 0 Å². The normalized spacial score (nSPS) is 17.5. The van der Waals surface area contributed by atoms with E-state index in [1.807, 2.05) is 33.8 Å². The molecule has 2 amide bonds. The summed E-state index contributed by atoms with van der Waals surface area (Å²) in [7, 11) is 0. The van der Waals surface area contributed by atoms with Crippen molar-refractivity contribution in [3.8, 4) is 11.1 Å². The molecule has 2 saturated carbocycles. The third-order valence-corrected chi connectivity index (χ3v) is 9.52. The molecule has 1 unspecified atom stereocenters. The van der Waals surface area contributed by atoms with E-state index in [4.69, 9.17) is 16.1 Å². The molecule has 5 rings (SSSR count). The Labute approximate surface area is 253 Å². The lowest BCUT2D eigenvalue weighted by atomic mass is 9.66. The van der Waals surface area contributed by atoms with Gasteiger partial charge in [0.2, 0.25) is 5.91 Å². The predicted octanol–water partition coefficient (Wildman–Crippen LogP) is 7.37. The molecule has 0 aliphatic heterocycles. The van der Waals surface area contributed by atoms with Gasteiger partial charge in [0.05, 0.1) is 11.4 Å². The first-order valence-corrected chi connectivity index (χ1v) is 15.9. The van der Waals surface area contributed by atoms with Gasteiger partial charge in [-0.15, -0.1) is 0 Å². The van der Waals surface area contributed by atoms with Crippen LogP contribution in [0.5, 0.6) is 0 Å². The second kappa shape index (κ2) is 13.4. The number of aryl methyl sites for hydroxylation is 2. The number of carbonyl (C=O) groups excluding carboxylic acids is 2. The van der Waals surface area contributed by atoms with E-state index in [-0.39, 0.29) is 28.8 Å². The van der Waals surface area contributed by atoms with Crippen molar-refractivity contribution in [3.05, 3.63) is 46.2 Å². The Balaban J connectivity index is 1.46. The topological polar surface area (TPSA) is 126 Å². The van der Waals surface area contributed by atoms with Crippen LogP contribution in [0.25, 0.3) is 11.1 Å². The van der Waals surface area contributed by atoms with Crippen molar-refractivity contribution in [1.29, 1.82) is 0 Å². The first-order chi connectivity index (χ1) is 20.2. The van der Waals surface area contributed by atoms with Crippen molar-refractivity contribution in [2.45, 2.75) is 104 Å². The summed E-state index contributed by atoms with van der Waals surface area (Å²) in [5, 5.41) is 17.8. The highest BCUT2D eigenvalue weighted by atomic mass is 35.5. The number of halogens is 1. The van der Waals surface area contributed by atoms with Gasteiger partial charge in [-0.3, -0.25) is 14.7 Å². The molecule has 0 radical (unpaired) electrons. The quantitative estimate of drug-likeness (QED) is 0.222. The SMILES string of the molecule is Cc1n[nH]c(C)c1-c1ccc(NC(=O)C(NC(=O)c2conc2C(C)C)C(C2CCCCC2)C2CCCCC2)nc1Cl. The van der Waals surface area contributed by atoms with E-state index in [9.17, 15) is 9.59 Å². The molecule has 1 atom stereocenters. The lowest BCUT2D eigenvalue weighted by Crippen LogP contribution is -2.53. The van der Waals surface area contributed by atoms with Crippen molar-refractivity contribution >= 4 is 29.2 Å². The standard InChI is InChI=1S/C32H43ClN6O3/c1-18(2)28-24(17-42-39-28)31(40)36-29(27(21-11-7-5-8-12-21)22-13-9-6-10-14-22)32(41)35-25-16-15-23(30(33)34-25)26-19(3)37-38-20(26)4/h15-18,21-22,27,29H,5-14H2,1-4H3,(H,36,40)(H,37,38)(H,34,35,41). The average Bonchev–Trinajstić information content (AvgIpc) is 3.61. The molecule has 0 saturated heterocycles. The van der Waals surface area contributed by atoms with Crippen LogP contribution < -0.4 is 10.6 Å². The fourth-order valence-electron chi connectivity index (χ4n) is 7.20. The summed E-state index contributed by atoms with van der Waals surface area (Å²) in [4.78, 5) is 32.5. The fraction of sp³-hybridized carbons (Fsp3) is 0.594. The van der Waals surface area contributed by atoms with E-state index < -0.39 is 6.04 Å². The average molecular weight is 595 g/mol. The number of anilines is 1. The molecule has 3 aromatic heterocycles. The van der Waals surface area contributed by atoms with Crippen molar-refractivity contribution < 1.29 is 14.1 Å². The highest BCUT2D eigenvalue weighted by Crippen LogP contribution is 2.42. The monoisotopic (exact) mass is 594 g/mol. The number of H-pyrrole nitrogens is 1. The van der Waals surface area contributed by atoms with Gasteiger partial charge < -0.3 is 15.2 Å². The molecule has 9 nitrogen and oxygen atoms in total. The van der Waals surface area contributed by atoms with Gasteiger partial charge in [0.25, 0.3) is 5.91 Å². The highest BCUT2D eigenvalue weighted by molar-refractivity contribution is 6.32. The maximum atomic E-state index is 14.2. The second-order valence-electron chi connectivity index (χ2n) is 12.4. The number of carbonyl (C=O) groups is 2. The largest absolute Gasteiger partial charge is 0.364 e. The molecule has 2 fully saturated rings. The minimum absolute atomic E-state index is 0.0108. The lowest BCUT2D eigenvalue weighted by Gasteiger charge is -2.41. The molecule has 0 aromatic carbocycles. The van der Waals surface area contributed by atoms with E-state index in [2.05, 4.69) is 31.0 Å². The summed E-state index contributed by atoms with van der Waals surface area (Å²) in [5.74, 6) is 0.542. The van der Waals surface area contributed by atoms with E-state index >= 15 is 0 Å². The maximum absolute atomic E-state index is 14.2. The number of nitrogens with zero attached hydrogens (tertiary/aromatic N) is 3. The fourth-order valence-corrected chi connectivity index (χ4v) is 7.45. The van der Waals surface area contributed by atoms with Crippen LogP contribution in [0.2, 0.25) is 5.15 Å². The second-order valence-corrected chi connectivity index (χ2v) is 12.8. The molecule has 226 valence electrons. The molecule has 3 heterocycles. The van der Waals surface area contributed by atoms with Gasteiger partial charge >= 0.3 is 0 Å². The van der Waals surface area contributed by atoms with E-state index in [1.54, 1.807) is 6.07 Å². The molecule has 2 aliphatic carbocycles. The molecule has 10 heteroatoms. The number of pyridine rings is 1. The van der Waals surface area contributed by atoms with Gasteiger partial charge in [0, 0.05) is 16.8 Å². The summed E-state index contributed by atoms with van der Waals surface area (Å²) < 4.78 is 5.19. The summed E-state index contributed by atoms with van der Waals surface area (Å²) in [6, 6.07) is 2.89. The van der Waals surface area contributed by atoms with Gasteiger partial charge in [-0.1, -0.05) is 94.8 Å². The maximum Gasteiger partial charge on any atom is 0.257 e. The zero-order valence-corrected chi connectivity index (χ0v) is 25.9. The smallest absolute Gasteiger partial charge is 0.257 e. The van der Waals surface area contributed by atoms with Gasteiger partial charge in [-0.25, -0.2) is 4.98 Å². The zero-order valence-electron chi connectivity index (χ0n) is 25.1. The molecule has 3 N–H and O–H groups in total. The van der Waals surface area contributed by atoms with Crippen LogP contribution in [0.1, 0.15) is 111 Å². The van der Waals surface area contributed by atoms with Crippen LogP contribution in [0, 0.1) is 31.6 Å². The third-order valence-electron chi connectivity index (χ3n) is 9.23. The molecule has 3 aromatic rings. The number of hydrogen-bond donors (Lipinski definition) is 3. The molecule has 0 bridgehead atoms. The van der Waals surface area contributed by atoms with E-state index in [0.717, 1.165) is 73.9 Å². The number of aromatic nitrogens is 4. The van der Waals surface area contributed by atoms with Crippen LogP contribution in [0.4, 0.5) is 5.82 Å². The van der Waals surface area contributed by atoms with E-state index in [0.29, 0.717) is 28.9 Å². The Hall–Kier alpha value is -3.20. The summed E-state index contributed by atoms with van der Waals surface area (Å²) in [5.41, 5.74) is 4.35. The van der Waals surface area contributed by atoms with Gasteiger partial charge in [0.15, 0.2) is 0 Å². The van der Waals surface area contributed by atoms with Gasteiger partial charge in [-0.2, -0.15) is 5.10 Å². The van der Waals surface area contributed by atoms with Crippen LogP contribution in [0.15, 0.2) is 22.9 Å². The van der Waals surface area contributed by atoms with Crippen LogP contribution >= 0.6 is 11.6 Å². The molecule has 2 aliphatic rings. The minimum atomic E-state index is -0.725. The first kappa shape index (κ1) is 30.3. The highest BCUT2D eigenvalue weighted by Gasteiger charge is 2.41. The number of nitrogens with one attached hydrogen (secondary N) is 3. The summed E-state index contributed by atoms with van der Waals surface area (Å²) in [6.45, 7) is 7.79. The van der Waals surface area contributed by atoms with Crippen LogP contribution in [-0.2, 0) is 4.79 Å². The zero-order chi connectivity index (χ0) is 29.8. The Bertz CT molecular complexity index is 1350. The molecular weight excluding hydrogens is 552 g/mol. The first-order valence-electron chi connectivity index (χ1n) is 15.5. The van der Waals surface area contributed by atoms with Crippen molar-refractivity contribution in [1.82, 2.24) is 25.7 Å². The van der Waals surface area contributed by atoms with Crippen molar-refractivity contribution in [2.24, 2.45) is 17.8 Å². The predicted molar refractivity (Wildman–Crippen MR) is 163 cm³/mol. The van der Waals surface area contributed by atoms with Gasteiger partial charge in [-0.05, 0) is 49.7 Å². The van der Waals surface area contributed by atoms with E-state index in [1.165, 1.54) is 19.1 Å². The minimum Gasteiger partial charge on any atom is -0.364 e. The molecular formula is C32H43ClN6O3. The number of amides is 2. The Morgan fingerprint density at radius 1 is 1.00 bits per heavy atom. The summed E-state index contributed by atoms with van der Waals surface area (Å²) in [6.07, 6.45) is 12.8. The Kier molecular flexibility index (Phi) is 9.66. The molecule has 0 spiro atoms. The Morgan fingerprint density at radius 2 is 1.64 bits per heavy atom. The van der Waals surface area contributed by atoms with Crippen LogP contribution in [0.3, 0.4) is 0 Å². The molecule has 42 heavy (non-hydrogen) atoms. The summed E-state index contributed by atoms with van der Waals surface area (Å²) >= 11 is 6.64. The van der Waals surface area contributed by atoms with Gasteiger partial charge in [0.1, 0.15) is 28.8 Å². The van der Waals surface area contributed by atoms with Crippen molar-refractivity contribution in [2.75, 3.05) is 5.32 Å². The van der Waals surface area contributed by atoms with Crippen LogP contribution in [-0.4, -0.2) is 38.2 Å². The number of rotatable bonds is 9. The number of hydrogen-bond acceptors (Lipinski definition) is 6. The third kappa shape index (κ3) is 6.56. The lowest BCUT2D eigenvalue weighted by molar-refractivity contribution is -0.121. The number of aromatic amines is 1. The Morgan fingerprint density at radius 3 is 2.19 bits per heavy atom.